The molecular weight excluding hydrogens is 444 g/mol. The van der Waals surface area contributed by atoms with E-state index in [1.165, 1.54) is 44.4 Å². The summed E-state index contributed by atoms with van der Waals surface area (Å²) in [5.41, 5.74) is 10.7. The summed E-state index contributed by atoms with van der Waals surface area (Å²) in [5, 5.41) is 2.49. The predicted molar refractivity (Wildman–Crippen MR) is 136 cm³/mol. The number of hydrogen-bond acceptors (Lipinski definition) is 1. The highest BCUT2D eigenvalue weighted by atomic mass is 79.9. The van der Waals surface area contributed by atoms with Crippen LogP contribution < -0.4 is 0 Å². The third-order valence-corrected chi connectivity index (χ3v) is 7.06. The van der Waals surface area contributed by atoms with Gasteiger partial charge in [0.05, 0.1) is 11.9 Å². The van der Waals surface area contributed by atoms with Crippen molar-refractivity contribution in [3.05, 3.63) is 75.0 Å². The van der Waals surface area contributed by atoms with Gasteiger partial charge in [0.15, 0.2) is 0 Å². The SMILES string of the molecule is Cc1cccc(C)c1-c1cnc2c3c(Br)cccc3c3c(n12)CCC(CC(C)(C)C)=C3. The normalized spacial score (nSPS) is 14.2. The second-order valence-corrected chi connectivity index (χ2v) is 11.0. The molecule has 1 aliphatic rings. The number of aryl methyl sites for hydroxylation is 3. The standard InChI is InChI=1S/C28H29BrN2/c1-17-8-6-9-18(2)25(17)24-16-30-27-26-20(10-7-11-22(26)29)21-14-19(15-28(3,4)5)12-13-23(21)31(24)27/h6-11,14,16H,12-13,15H2,1-5H3. The van der Waals surface area contributed by atoms with E-state index in [-0.39, 0.29) is 0 Å². The minimum atomic E-state index is 0.294. The molecule has 2 aromatic carbocycles. The van der Waals surface area contributed by atoms with Crippen molar-refractivity contribution in [3.63, 3.8) is 0 Å². The second-order valence-electron chi connectivity index (χ2n) is 10.1. The number of nitrogens with zero attached hydrogens (tertiary/aromatic N) is 2. The van der Waals surface area contributed by atoms with Gasteiger partial charge in [-0.1, -0.05) is 78.7 Å². The van der Waals surface area contributed by atoms with Crippen LogP contribution in [0.25, 0.3) is 33.8 Å². The summed E-state index contributed by atoms with van der Waals surface area (Å²) in [6.07, 6.45) is 7.83. The summed E-state index contributed by atoms with van der Waals surface area (Å²) in [7, 11) is 0. The third kappa shape index (κ3) is 3.43. The Morgan fingerprint density at radius 2 is 1.71 bits per heavy atom. The molecule has 0 fully saturated rings. The number of pyridine rings is 1. The van der Waals surface area contributed by atoms with Gasteiger partial charge in [0, 0.05) is 26.7 Å². The van der Waals surface area contributed by atoms with Crippen molar-refractivity contribution in [1.82, 2.24) is 9.38 Å². The van der Waals surface area contributed by atoms with Gasteiger partial charge in [-0.25, -0.2) is 4.98 Å². The number of imidazole rings is 1. The van der Waals surface area contributed by atoms with E-state index < -0.39 is 0 Å². The number of aromatic nitrogens is 2. The molecule has 2 heterocycles. The molecule has 0 aliphatic heterocycles. The lowest BCUT2D eigenvalue weighted by molar-refractivity contribution is 0.404. The minimum Gasteiger partial charge on any atom is -0.295 e. The zero-order valence-electron chi connectivity index (χ0n) is 19.0. The van der Waals surface area contributed by atoms with Crippen molar-refractivity contribution in [2.75, 3.05) is 0 Å². The van der Waals surface area contributed by atoms with E-state index in [0.717, 1.165) is 29.4 Å². The first-order valence-electron chi connectivity index (χ1n) is 11.1. The Morgan fingerprint density at radius 1 is 1.00 bits per heavy atom. The number of allylic oxidation sites excluding steroid dienone is 1. The second kappa shape index (κ2) is 7.34. The highest BCUT2D eigenvalue weighted by Gasteiger charge is 2.24. The lowest BCUT2D eigenvalue weighted by atomic mass is 9.82. The quantitative estimate of drug-likeness (QED) is 0.286. The molecule has 0 saturated heterocycles. The molecule has 5 rings (SSSR count). The number of fused-ring (bicyclic) bond motifs is 6. The van der Waals surface area contributed by atoms with Crippen molar-refractivity contribution in [3.8, 4) is 11.3 Å². The topological polar surface area (TPSA) is 17.3 Å². The van der Waals surface area contributed by atoms with Gasteiger partial charge in [0.2, 0.25) is 0 Å². The molecule has 4 aromatic rings. The van der Waals surface area contributed by atoms with Crippen molar-refractivity contribution in [2.45, 2.75) is 53.9 Å². The summed E-state index contributed by atoms with van der Waals surface area (Å²) < 4.78 is 3.54. The highest BCUT2D eigenvalue weighted by molar-refractivity contribution is 9.10. The van der Waals surface area contributed by atoms with E-state index in [0.29, 0.717) is 5.41 Å². The van der Waals surface area contributed by atoms with Gasteiger partial charge in [-0.05, 0) is 61.1 Å². The average Bonchev–Trinajstić information content (AvgIpc) is 3.11. The van der Waals surface area contributed by atoms with Gasteiger partial charge in [0.1, 0.15) is 5.65 Å². The largest absolute Gasteiger partial charge is 0.295 e. The average molecular weight is 473 g/mol. The van der Waals surface area contributed by atoms with Gasteiger partial charge in [-0.3, -0.25) is 4.40 Å². The third-order valence-electron chi connectivity index (χ3n) is 6.40. The Hall–Kier alpha value is -2.39. The summed E-state index contributed by atoms with van der Waals surface area (Å²) in [6.45, 7) is 11.4. The zero-order chi connectivity index (χ0) is 21.9. The van der Waals surface area contributed by atoms with Crippen LogP contribution in [0.5, 0.6) is 0 Å². The van der Waals surface area contributed by atoms with Gasteiger partial charge in [0.25, 0.3) is 0 Å². The summed E-state index contributed by atoms with van der Waals surface area (Å²) in [6, 6.07) is 13.1. The van der Waals surface area contributed by atoms with Crippen LogP contribution in [0.15, 0.2) is 52.6 Å². The Bertz CT molecular complexity index is 1350. The van der Waals surface area contributed by atoms with Crippen LogP contribution in [0.2, 0.25) is 0 Å². The van der Waals surface area contributed by atoms with Crippen molar-refractivity contribution < 1.29 is 0 Å². The molecule has 0 bridgehead atoms. The van der Waals surface area contributed by atoms with E-state index in [9.17, 15) is 0 Å². The summed E-state index contributed by atoms with van der Waals surface area (Å²) >= 11 is 3.83. The minimum absolute atomic E-state index is 0.294. The maximum absolute atomic E-state index is 4.97. The van der Waals surface area contributed by atoms with Gasteiger partial charge < -0.3 is 0 Å². The molecule has 0 N–H and O–H groups in total. The molecule has 31 heavy (non-hydrogen) atoms. The van der Waals surface area contributed by atoms with E-state index in [1.54, 1.807) is 5.57 Å². The predicted octanol–water partition coefficient (Wildman–Crippen LogP) is 8.30. The molecule has 0 saturated carbocycles. The van der Waals surface area contributed by atoms with Crippen LogP contribution in [0.4, 0.5) is 0 Å². The number of rotatable bonds is 2. The molecule has 0 spiro atoms. The van der Waals surface area contributed by atoms with E-state index in [1.807, 2.05) is 0 Å². The molecule has 3 heteroatoms. The van der Waals surface area contributed by atoms with Crippen LogP contribution in [-0.2, 0) is 6.42 Å². The van der Waals surface area contributed by atoms with Crippen molar-refractivity contribution in [2.24, 2.45) is 5.41 Å². The van der Waals surface area contributed by atoms with E-state index in [4.69, 9.17) is 4.98 Å². The summed E-state index contributed by atoms with van der Waals surface area (Å²) in [4.78, 5) is 4.97. The first-order chi connectivity index (χ1) is 14.7. The Balaban J connectivity index is 1.89. The molecule has 158 valence electrons. The van der Waals surface area contributed by atoms with Gasteiger partial charge >= 0.3 is 0 Å². The molecule has 0 amide bonds. The van der Waals surface area contributed by atoms with E-state index >= 15 is 0 Å². The Morgan fingerprint density at radius 3 is 2.42 bits per heavy atom. The number of benzene rings is 2. The van der Waals surface area contributed by atoms with Gasteiger partial charge in [-0.2, -0.15) is 0 Å². The monoisotopic (exact) mass is 472 g/mol. The van der Waals surface area contributed by atoms with Crippen molar-refractivity contribution >= 4 is 38.4 Å². The number of halogens is 1. The highest BCUT2D eigenvalue weighted by Crippen LogP contribution is 2.41. The molecular formula is C28H29BrN2. The van der Waals surface area contributed by atoms with Crippen LogP contribution in [0, 0.1) is 19.3 Å². The fraction of sp³-hybridized carbons (Fsp3) is 0.321. The molecule has 2 aromatic heterocycles. The fourth-order valence-electron chi connectivity index (χ4n) is 5.23. The van der Waals surface area contributed by atoms with Gasteiger partial charge in [-0.15, -0.1) is 0 Å². The van der Waals surface area contributed by atoms with Crippen LogP contribution >= 0.6 is 15.9 Å². The molecule has 0 unspecified atom stereocenters. The molecule has 1 aliphatic carbocycles. The first kappa shape index (κ1) is 20.5. The fourth-order valence-corrected chi connectivity index (χ4v) is 5.77. The molecule has 2 nitrogen and oxygen atoms in total. The lowest BCUT2D eigenvalue weighted by Crippen LogP contribution is -2.12. The van der Waals surface area contributed by atoms with E-state index in [2.05, 4.69) is 104 Å². The first-order valence-corrected chi connectivity index (χ1v) is 11.9. The van der Waals surface area contributed by atoms with Crippen molar-refractivity contribution in [1.29, 1.82) is 0 Å². The molecule has 0 radical (unpaired) electrons. The maximum atomic E-state index is 4.97. The summed E-state index contributed by atoms with van der Waals surface area (Å²) in [5.74, 6) is 0. The Kier molecular flexibility index (Phi) is 4.86. The zero-order valence-corrected chi connectivity index (χ0v) is 20.6. The maximum Gasteiger partial charge on any atom is 0.146 e. The van der Waals surface area contributed by atoms with Crippen LogP contribution in [-0.4, -0.2) is 9.38 Å². The lowest BCUT2D eigenvalue weighted by Gasteiger charge is -2.26. The van der Waals surface area contributed by atoms with Crippen LogP contribution in [0.3, 0.4) is 0 Å². The smallest absolute Gasteiger partial charge is 0.146 e. The molecule has 0 atom stereocenters. The Labute approximate surface area is 193 Å². The van der Waals surface area contributed by atoms with Crippen LogP contribution in [0.1, 0.15) is 56.0 Å². The number of hydrogen-bond donors (Lipinski definition) is 0.